The molecule has 0 fully saturated rings. The molecule has 8 heteroatoms. The van der Waals surface area contributed by atoms with Gasteiger partial charge in [0.1, 0.15) is 27.4 Å². The van der Waals surface area contributed by atoms with Crippen molar-refractivity contribution in [3.05, 3.63) is 52.2 Å². The zero-order chi connectivity index (χ0) is 17.3. The molecule has 0 unspecified atom stereocenters. The zero-order valence-corrected chi connectivity index (χ0v) is 13.2. The van der Waals surface area contributed by atoms with Gasteiger partial charge in [-0.15, -0.1) is 11.3 Å². The fourth-order valence-corrected chi connectivity index (χ4v) is 3.18. The van der Waals surface area contributed by atoms with E-state index in [1.54, 1.807) is 12.1 Å². The van der Waals surface area contributed by atoms with Crippen LogP contribution < -0.4 is 16.8 Å². The number of fused-ring (bicyclic) bond motifs is 1. The summed E-state index contributed by atoms with van der Waals surface area (Å²) >= 11 is 1.11. The van der Waals surface area contributed by atoms with Gasteiger partial charge in [0, 0.05) is 11.9 Å². The second-order valence-corrected chi connectivity index (χ2v) is 6.04. The number of nitrogens with two attached hydrogens (primary N) is 2. The highest BCUT2D eigenvalue weighted by molar-refractivity contribution is 7.21. The fourth-order valence-electron chi connectivity index (χ4n) is 2.18. The molecule has 120 valence electrons. The summed E-state index contributed by atoms with van der Waals surface area (Å²) in [7, 11) is 0. The molecular weight excluding hydrogens is 329 g/mol. The predicted molar refractivity (Wildman–Crippen MR) is 90.7 cm³/mol. The lowest BCUT2D eigenvalue weighted by Crippen LogP contribution is -2.22. The van der Waals surface area contributed by atoms with E-state index in [1.807, 2.05) is 6.07 Å². The largest absolute Gasteiger partial charge is 0.397 e. The van der Waals surface area contributed by atoms with Crippen LogP contribution in [0.1, 0.15) is 20.8 Å². The van der Waals surface area contributed by atoms with Gasteiger partial charge in [0.05, 0.1) is 11.3 Å². The highest BCUT2D eigenvalue weighted by atomic mass is 32.1. The number of anilines is 2. The summed E-state index contributed by atoms with van der Waals surface area (Å²) in [6.45, 7) is 0.242. The third kappa shape index (κ3) is 2.85. The molecule has 1 aromatic carbocycles. The van der Waals surface area contributed by atoms with Crippen LogP contribution in [-0.4, -0.2) is 10.9 Å². The van der Waals surface area contributed by atoms with E-state index in [1.165, 1.54) is 18.2 Å². The van der Waals surface area contributed by atoms with Crippen molar-refractivity contribution in [2.45, 2.75) is 6.54 Å². The standard InChI is InChI=1S/C16H12FN5OS/c17-10-3-1-8(2-4-10)7-21-15(23)13-12(19)11-5-9(6-18)14(20)22-16(11)24-13/h1-5H,7,19H2,(H2,20,22)(H,21,23). The average molecular weight is 341 g/mol. The number of aromatic nitrogens is 1. The van der Waals surface area contributed by atoms with Crippen molar-refractivity contribution in [3.8, 4) is 6.07 Å². The number of nitrogen functional groups attached to an aromatic ring is 2. The number of benzene rings is 1. The van der Waals surface area contributed by atoms with E-state index in [0.717, 1.165) is 16.9 Å². The predicted octanol–water partition coefficient (Wildman–Crippen LogP) is 2.40. The molecule has 0 bridgehead atoms. The van der Waals surface area contributed by atoms with Crippen molar-refractivity contribution >= 4 is 39.0 Å². The van der Waals surface area contributed by atoms with Gasteiger partial charge in [-0.25, -0.2) is 9.37 Å². The fraction of sp³-hybridized carbons (Fsp3) is 0.0625. The topological polar surface area (TPSA) is 118 Å². The van der Waals surface area contributed by atoms with Gasteiger partial charge in [-0.3, -0.25) is 4.79 Å². The molecule has 0 saturated carbocycles. The molecule has 0 aliphatic rings. The summed E-state index contributed by atoms with van der Waals surface area (Å²) in [6.07, 6.45) is 0. The number of amides is 1. The van der Waals surface area contributed by atoms with Crippen molar-refractivity contribution in [1.29, 1.82) is 5.26 Å². The molecule has 0 atom stereocenters. The van der Waals surface area contributed by atoms with Crippen LogP contribution in [0.25, 0.3) is 10.2 Å². The van der Waals surface area contributed by atoms with Gasteiger partial charge >= 0.3 is 0 Å². The van der Waals surface area contributed by atoms with E-state index >= 15 is 0 Å². The van der Waals surface area contributed by atoms with Crippen molar-refractivity contribution in [2.75, 3.05) is 11.5 Å². The monoisotopic (exact) mass is 341 g/mol. The molecule has 6 nitrogen and oxygen atoms in total. The number of pyridine rings is 1. The van der Waals surface area contributed by atoms with Gasteiger partial charge in [-0.2, -0.15) is 5.26 Å². The van der Waals surface area contributed by atoms with E-state index in [9.17, 15) is 9.18 Å². The summed E-state index contributed by atoms with van der Waals surface area (Å²) in [4.78, 5) is 17.2. The number of halogens is 1. The molecule has 5 N–H and O–H groups in total. The number of carbonyl (C=O) groups is 1. The van der Waals surface area contributed by atoms with Crippen LogP contribution >= 0.6 is 11.3 Å². The quantitative estimate of drug-likeness (QED) is 0.676. The molecule has 0 radical (unpaired) electrons. The molecular formula is C16H12FN5OS. The van der Waals surface area contributed by atoms with Crippen LogP contribution in [0.15, 0.2) is 30.3 Å². The number of nitrogens with one attached hydrogen (secondary N) is 1. The molecule has 0 spiro atoms. The first-order valence-corrected chi connectivity index (χ1v) is 7.72. The minimum Gasteiger partial charge on any atom is -0.397 e. The second-order valence-electron chi connectivity index (χ2n) is 5.04. The molecule has 0 aliphatic heterocycles. The lowest BCUT2D eigenvalue weighted by molar-refractivity contribution is 0.0956. The van der Waals surface area contributed by atoms with Gasteiger partial charge < -0.3 is 16.8 Å². The Balaban J connectivity index is 1.86. The maximum atomic E-state index is 12.9. The Morgan fingerprint density at radius 3 is 2.71 bits per heavy atom. The molecule has 24 heavy (non-hydrogen) atoms. The smallest absolute Gasteiger partial charge is 0.263 e. The molecule has 2 heterocycles. The Bertz CT molecular complexity index is 975. The van der Waals surface area contributed by atoms with Crippen molar-refractivity contribution in [3.63, 3.8) is 0 Å². The highest BCUT2D eigenvalue weighted by Gasteiger charge is 2.18. The normalized spacial score (nSPS) is 10.5. The third-order valence-corrected chi connectivity index (χ3v) is 4.56. The van der Waals surface area contributed by atoms with Gasteiger partial charge in [0.25, 0.3) is 5.91 Å². The van der Waals surface area contributed by atoms with Crippen LogP contribution in [0.4, 0.5) is 15.9 Å². The number of nitriles is 1. The van der Waals surface area contributed by atoms with Crippen LogP contribution in [0.2, 0.25) is 0 Å². The van der Waals surface area contributed by atoms with Crippen molar-refractivity contribution in [2.24, 2.45) is 0 Å². The molecule has 1 amide bonds. The second kappa shape index (κ2) is 6.14. The lowest BCUT2D eigenvalue weighted by Gasteiger charge is -2.04. The molecule has 0 saturated heterocycles. The minimum absolute atomic E-state index is 0.101. The third-order valence-electron chi connectivity index (χ3n) is 3.44. The number of thiophene rings is 1. The minimum atomic E-state index is -0.364. The number of rotatable bonds is 3. The van der Waals surface area contributed by atoms with Crippen LogP contribution in [-0.2, 0) is 6.54 Å². The SMILES string of the molecule is N#Cc1cc2c(N)c(C(=O)NCc3ccc(F)cc3)sc2nc1N. The van der Waals surface area contributed by atoms with E-state index in [-0.39, 0.29) is 35.3 Å². The number of hydrogen-bond donors (Lipinski definition) is 3. The molecule has 2 aromatic heterocycles. The van der Waals surface area contributed by atoms with Crippen LogP contribution in [0.3, 0.4) is 0 Å². The zero-order valence-electron chi connectivity index (χ0n) is 12.3. The van der Waals surface area contributed by atoms with E-state index < -0.39 is 0 Å². The van der Waals surface area contributed by atoms with Gasteiger partial charge in [-0.05, 0) is 23.8 Å². The van der Waals surface area contributed by atoms with Crippen LogP contribution in [0, 0.1) is 17.1 Å². The summed E-state index contributed by atoms with van der Waals surface area (Å²) in [6, 6.07) is 9.29. The Hall–Kier alpha value is -3.18. The summed E-state index contributed by atoms with van der Waals surface area (Å²) < 4.78 is 12.9. The first-order valence-electron chi connectivity index (χ1n) is 6.91. The first-order chi connectivity index (χ1) is 11.5. The van der Waals surface area contributed by atoms with Crippen molar-refractivity contribution < 1.29 is 9.18 Å². The lowest BCUT2D eigenvalue weighted by atomic mass is 10.2. The maximum Gasteiger partial charge on any atom is 0.263 e. The van der Waals surface area contributed by atoms with E-state index in [4.69, 9.17) is 16.7 Å². The number of hydrogen-bond acceptors (Lipinski definition) is 6. The Morgan fingerprint density at radius 1 is 1.33 bits per heavy atom. The Kier molecular flexibility index (Phi) is 4.02. The van der Waals surface area contributed by atoms with E-state index in [0.29, 0.717) is 15.1 Å². The number of carbonyl (C=O) groups excluding carboxylic acids is 1. The van der Waals surface area contributed by atoms with Crippen LogP contribution in [0.5, 0.6) is 0 Å². The maximum absolute atomic E-state index is 12.9. The summed E-state index contributed by atoms with van der Waals surface area (Å²) in [5.74, 6) is -0.600. The average Bonchev–Trinajstić information content (AvgIpc) is 2.89. The number of nitrogens with zero attached hydrogens (tertiary/aromatic N) is 2. The molecule has 0 aliphatic carbocycles. The molecule has 3 aromatic rings. The van der Waals surface area contributed by atoms with E-state index in [2.05, 4.69) is 10.3 Å². The van der Waals surface area contributed by atoms with Gasteiger partial charge in [0.2, 0.25) is 0 Å². The highest BCUT2D eigenvalue weighted by Crippen LogP contribution is 2.34. The Morgan fingerprint density at radius 2 is 2.04 bits per heavy atom. The van der Waals surface area contributed by atoms with Gasteiger partial charge in [0.15, 0.2) is 0 Å². The summed E-state index contributed by atoms with van der Waals surface area (Å²) in [5.41, 5.74) is 12.9. The Labute approximate surface area is 140 Å². The molecule has 3 rings (SSSR count). The van der Waals surface area contributed by atoms with Crippen molar-refractivity contribution in [1.82, 2.24) is 10.3 Å². The summed E-state index contributed by atoms with van der Waals surface area (Å²) in [5, 5.41) is 12.3. The first kappa shape index (κ1) is 15.7. The van der Waals surface area contributed by atoms with Gasteiger partial charge in [-0.1, -0.05) is 12.1 Å².